The summed E-state index contributed by atoms with van der Waals surface area (Å²) in [6.07, 6.45) is 43.7. The quantitative estimate of drug-likeness (QED) is 0.0277. The summed E-state index contributed by atoms with van der Waals surface area (Å²) >= 11 is 0. The number of allylic oxidation sites excluding steroid dienone is 3. The Hall–Kier alpha value is -1.02. The first-order valence-corrected chi connectivity index (χ1v) is 24.2. The first kappa shape index (κ1) is 53.0. The molecule has 0 saturated carbocycles. The van der Waals surface area contributed by atoms with Crippen LogP contribution in [0.3, 0.4) is 0 Å². The minimum absolute atomic E-state index is 0.00428. The van der Waals surface area contributed by atoms with Crippen LogP contribution < -0.4 is 10.2 Å². The molecule has 2 N–H and O–H groups in total. The molecule has 0 fully saturated rings. The van der Waals surface area contributed by atoms with Crippen LogP contribution in [-0.2, 0) is 18.4 Å². The normalized spacial score (nSPS) is 14.6. The Morgan fingerprint density at radius 3 is 1.50 bits per heavy atom. The Morgan fingerprint density at radius 2 is 1.04 bits per heavy atom. The van der Waals surface area contributed by atoms with E-state index in [-0.39, 0.29) is 19.1 Å². The molecule has 3 unspecified atom stereocenters. The van der Waals surface area contributed by atoms with Crippen molar-refractivity contribution in [2.24, 2.45) is 0 Å². The fourth-order valence-corrected chi connectivity index (χ4v) is 7.24. The van der Waals surface area contributed by atoms with Crippen LogP contribution in [-0.4, -0.2) is 68.5 Å². The molecular weight excluding hydrogens is 695 g/mol. The standard InChI is InChI=1S/C45H89N2O6P/c1-6-8-10-12-14-16-18-20-21-22-23-24-25-27-28-30-32-34-36-38-44(48)43(42-53-54(50,51)52-41-40-47(3,4)5)46-45(49)39-37-35-33-31-29-26-19-17-15-13-11-9-7-2/h28,30,36,38,43-44,48H,6-27,29,31-35,37,39-42H2,1-5H3,(H-,46,49,50,51)/b30-28+,38-36+. The number of amides is 1. The Morgan fingerprint density at radius 1 is 0.630 bits per heavy atom. The number of carbonyl (C=O) groups excluding carboxylic acids is 1. The number of hydrogen-bond acceptors (Lipinski definition) is 6. The zero-order chi connectivity index (χ0) is 40.0. The zero-order valence-electron chi connectivity index (χ0n) is 36.2. The number of aliphatic hydroxyl groups excluding tert-OH is 1. The molecule has 0 saturated heterocycles. The van der Waals surface area contributed by atoms with Crippen molar-refractivity contribution in [3.05, 3.63) is 24.3 Å². The molecule has 0 aromatic heterocycles. The molecule has 0 aromatic rings. The van der Waals surface area contributed by atoms with E-state index in [0.29, 0.717) is 17.4 Å². The van der Waals surface area contributed by atoms with Crippen LogP contribution in [0.1, 0.15) is 206 Å². The summed E-state index contributed by atoms with van der Waals surface area (Å²) in [7, 11) is 1.25. The molecule has 9 heteroatoms. The number of phosphoric ester groups is 1. The van der Waals surface area contributed by atoms with Crippen molar-refractivity contribution >= 4 is 13.7 Å². The third-order valence-electron chi connectivity index (χ3n) is 10.2. The van der Waals surface area contributed by atoms with Crippen LogP contribution in [0.25, 0.3) is 0 Å². The van der Waals surface area contributed by atoms with Gasteiger partial charge in [-0.3, -0.25) is 9.36 Å². The molecule has 0 aliphatic heterocycles. The topological polar surface area (TPSA) is 108 Å². The zero-order valence-corrected chi connectivity index (χ0v) is 37.1. The van der Waals surface area contributed by atoms with E-state index in [1.807, 2.05) is 27.2 Å². The number of likely N-dealkylation sites (N-methyl/N-ethyl adjacent to an activating group) is 1. The summed E-state index contributed by atoms with van der Waals surface area (Å²) in [5.74, 6) is -0.207. The van der Waals surface area contributed by atoms with Gasteiger partial charge in [-0.05, 0) is 32.1 Å². The molecule has 0 aliphatic carbocycles. The summed E-state index contributed by atoms with van der Waals surface area (Å²) in [6, 6.07) is -0.897. The fourth-order valence-electron chi connectivity index (χ4n) is 6.52. The molecule has 54 heavy (non-hydrogen) atoms. The SMILES string of the molecule is CCCCCCCCCCCCCCC/C=C/CC/C=C/C(O)C(COP(=O)([O-])OCC[N+](C)(C)C)NC(=O)CCCCCCCCCCCCCCC. The van der Waals surface area contributed by atoms with E-state index in [1.165, 1.54) is 148 Å². The number of hydrogen-bond donors (Lipinski definition) is 2. The number of unbranched alkanes of at least 4 members (excludes halogenated alkanes) is 26. The largest absolute Gasteiger partial charge is 0.756 e. The summed E-state index contributed by atoms with van der Waals surface area (Å²) < 4.78 is 23.2. The second kappa shape index (κ2) is 37.6. The lowest BCUT2D eigenvalue weighted by atomic mass is 10.0. The van der Waals surface area contributed by atoms with E-state index < -0.39 is 20.0 Å². The van der Waals surface area contributed by atoms with Gasteiger partial charge in [-0.1, -0.05) is 192 Å². The van der Waals surface area contributed by atoms with Gasteiger partial charge in [0, 0.05) is 6.42 Å². The van der Waals surface area contributed by atoms with E-state index in [4.69, 9.17) is 9.05 Å². The Labute approximate surface area is 334 Å². The van der Waals surface area contributed by atoms with Crippen molar-refractivity contribution in [2.45, 2.75) is 219 Å². The van der Waals surface area contributed by atoms with E-state index >= 15 is 0 Å². The molecule has 0 spiro atoms. The van der Waals surface area contributed by atoms with Crippen molar-refractivity contribution in [1.82, 2.24) is 5.32 Å². The van der Waals surface area contributed by atoms with Crippen LogP contribution in [0, 0.1) is 0 Å². The molecule has 0 heterocycles. The lowest BCUT2D eigenvalue weighted by Gasteiger charge is -2.29. The third kappa shape index (κ3) is 39.2. The maximum absolute atomic E-state index is 12.8. The summed E-state index contributed by atoms with van der Waals surface area (Å²) in [5, 5.41) is 13.8. The lowest BCUT2D eigenvalue weighted by Crippen LogP contribution is -2.45. The molecular formula is C45H89N2O6P. The molecule has 320 valence electrons. The van der Waals surface area contributed by atoms with Crippen molar-refractivity contribution < 1.29 is 32.9 Å². The molecule has 1 amide bonds. The monoisotopic (exact) mass is 785 g/mol. The van der Waals surface area contributed by atoms with E-state index in [1.54, 1.807) is 6.08 Å². The number of nitrogens with one attached hydrogen (secondary N) is 1. The maximum Gasteiger partial charge on any atom is 0.268 e. The van der Waals surface area contributed by atoms with Gasteiger partial charge in [0.2, 0.25) is 5.91 Å². The number of carbonyl (C=O) groups is 1. The van der Waals surface area contributed by atoms with Gasteiger partial charge in [0.05, 0.1) is 39.9 Å². The maximum atomic E-state index is 12.8. The van der Waals surface area contributed by atoms with Crippen LogP contribution in [0.2, 0.25) is 0 Å². The van der Waals surface area contributed by atoms with E-state index in [0.717, 1.165) is 38.5 Å². The minimum Gasteiger partial charge on any atom is -0.756 e. The van der Waals surface area contributed by atoms with Crippen LogP contribution in [0.4, 0.5) is 0 Å². The highest BCUT2D eigenvalue weighted by atomic mass is 31.2. The number of phosphoric acid groups is 1. The van der Waals surface area contributed by atoms with Gasteiger partial charge < -0.3 is 28.8 Å². The number of aliphatic hydroxyl groups is 1. The summed E-state index contributed by atoms with van der Waals surface area (Å²) in [6.45, 7) is 4.63. The first-order chi connectivity index (χ1) is 26.0. The van der Waals surface area contributed by atoms with Gasteiger partial charge in [-0.2, -0.15) is 0 Å². The van der Waals surface area contributed by atoms with E-state index in [9.17, 15) is 19.4 Å². The summed E-state index contributed by atoms with van der Waals surface area (Å²) in [5.41, 5.74) is 0. The van der Waals surface area contributed by atoms with Crippen molar-refractivity contribution in [2.75, 3.05) is 40.9 Å². The number of nitrogens with zero attached hydrogens (tertiary/aromatic N) is 1. The van der Waals surface area contributed by atoms with Crippen LogP contribution in [0.15, 0.2) is 24.3 Å². The van der Waals surface area contributed by atoms with Gasteiger partial charge in [-0.25, -0.2) is 0 Å². The molecule has 0 rings (SSSR count). The highest BCUT2D eigenvalue weighted by Gasteiger charge is 2.23. The van der Waals surface area contributed by atoms with Crippen molar-refractivity contribution in [3.63, 3.8) is 0 Å². The second-order valence-corrected chi connectivity index (χ2v) is 18.2. The van der Waals surface area contributed by atoms with Gasteiger partial charge in [0.15, 0.2) is 0 Å². The summed E-state index contributed by atoms with van der Waals surface area (Å²) in [4.78, 5) is 25.3. The van der Waals surface area contributed by atoms with Crippen molar-refractivity contribution in [1.29, 1.82) is 0 Å². The third-order valence-corrected chi connectivity index (χ3v) is 11.1. The highest BCUT2D eigenvalue weighted by Crippen LogP contribution is 2.38. The Bertz CT molecular complexity index is 938. The van der Waals surface area contributed by atoms with Gasteiger partial charge in [0.1, 0.15) is 13.2 Å². The van der Waals surface area contributed by atoms with Crippen LogP contribution in [0.5, 0.6) is 0 Å². The first-order valence-electron chi connectivity index (χ1n) is 22.7. The predicted octanol–water partition coefficient (Wildman–Crippen LogP) is 11.9. The van der Waals surface area contributed by atoms with Gasteiger partial charge >= 0.3 is 0 Å². The molecule has 0 radical (unpaired) electrons. The Kier molecular flexibility index (Phi) is 36.8. The average Bonchev–Trinajstić information content (AvgIpc) is 3.12. The van der Waals surface area contributed by atoms with E-state index in [2.05, 4.69) is 31.3 Å². The molecule has 3 atom stereocenters. The lowest BCUT2D eigenvalue weighted by molar-refractivity contribution is -0.870. The predicted molar refractivity (Wildman–Crippen MR) is 228 cm³/mol. The molecule has 8 nitrogen and oxygen atoms in total. The highest BCUT2D eigenvalue weighted by molar-refractivity contribution is 7.45. The number of rotatable bonds is 41. The van der Waals surface area contributed by atoms with Crippen LogP contribution >= 0.6 is 7.82 Å². The second-order valence-electron chi connectivity index (χ2n) is 16.8. The molecule has 0 aromatic carbocycles. The molecule has 0 aliphatic rings. The van der Waals surface area contributed by atoms with Crippen molar-refractivity contribution in [3.8, 4) is 0 Å². The fraction of sp³-hybridized carbons (Fsp3) is 0.889. The average molecular weight is 785 g/mol. The minimum atomic E-state index is -4.59. The smallest absolute Gasteiger partial charge is 0.268 e. The molecule has 0 bridgehead atoms. The Balaban J connectivity index is 4.44. The number of quaternary nitrogens is 1. The van der Waals surface area contributed by atoms with Gasteiger partial charge in [0.25, 0.3) is 7.82 Å². The van der Waals surface area contributed by atoms with Gasteiger partial charge in [-0.15, -0.1) is 0 Å².